The van der Waals surface area contributed by atoms with Gasteiger partial charge in [-0.3, -0.25) is 0 Å². The fourth-order valence-corrected chi connectivity index (χ4v) is 4.47. The molecule has 0 fully saturated rings. The smallest absolute Gasteiger partial charge is 0.103 e. The minimum absolute atomic E-state index is 0.285. The van der Waals surface area contributed by atoms with Gasteiger partial charge >= 0.3 is 0 Å². The van der Waals surface area contributed by atoms with Crippen molar-refractivity contribution in [2.75, 3.05) is 0 Å². The lowest BCUT2D eigenvalue weighted by molar-refractivity contribution is 0.160. The molecule has 1 N–H and O–H groups in total. The number of aliphatic hydroxyl groups excluding tert-OH is 1. The van der Waals surface area contributed by atoms with Crippen LogP contribution in [0, 0.1) is 0 Å². The molecule has 1 heterocycles. The Morgan fingerprint density at radius 1 is 1.37 bits per heavy atom. The molecule has 0 bridgehead atoms. The minimum Gasteiger partial charge on any atom is -0.388 e. The van der Waals surface area contributed by atoms with Gasteiger partial charge in [0.1, 0.15) is 5.01 Å². The SMILES string of the molecule is OC1CCCc2nc(CSc3ccc(Br)cc3)sc21. The van der Waals surface area contributed by atoms with E-state index in [2.05, 4.69) is 45.2 Å². The van der Waals surface area contributed by atoms with Crippen LogP contribution in [-0.2, 0) is 12.2 Å². The second-order valence-electron chi connectivity index (χ2n) is 4.57. The predicted octanol–water partition coefficient (Wildman–Crippen LogP) is 4.57. The van der Waals surface area contributed by atoms with Crippen molar-refractivity contribution < 1.29 is 5.11 Å². The molecule has 1 aliphatic carbocycles. The molecule has 0 aliphatic heterocycles. The topological polar surface area (TPSA) is 33.1 Å². The van der Waals surface area contributed by atoms with Gasteiger partial charge in [0, 0.05) is 9.37 Å². The maximum atomic E-state index is 9.95. The predicted molar refractivity (Wildman–Crippen MR) is 83.7 cm³/mol. The number of aromatic nitrogens is 1. The van der Waals surface area contributed by atoms with Gasteiger partial charge in [0.2, 0.25) is 0 Å². The highest BCUT2D eigenvalue weighted by atomic mass is 79.9. The summed E-state index contributed by atoms with van der Waals surface area (Å²) in [5.74, 6) is 0.881. The molecule has 1 atom stereocenters. The summed E-state index contributed by atoms with van der Waals surface area (Å²) in [5.41, 5.74) is 1.12. The fraction of sp³-hybridized carbons (Fsp3) is 0.357. The summed E-state index contributed by atoms with van der Waals surface area (Å²) in [6.07, 6.45) is 2.67. The van der Waals surface area contributed by atoms with Crippen molar-refractivity contribution in [1.82, 2.24) is 4.98 Å². The lowest BCUT2D eigenvalue weighted by Crippen LogP contribution is -2.06. The van der Waals surface area contributed by atoms with Crippen LogP contribution in [0.2, 0.25) is 0 Å². The third kappa shape index (κ3) is 3.21. The number of fused-ring (bicyclic) bond motifs is 1. The van der Waals surface area contributed by atoms with Gasteiger partial charge < -0.3 is 5.11 Å². The molecule has 0 radical (unpaired) electrons. The molecule has 19 heavy (non-hydrogen) atoms. The Balaban J connectivity index is 1.69. The lowest BCUT2D eigenvalue weighted by atomic mass is 10.0. The number of hydrogen-bond donors (Lipinski definition) is 1. The average molecular weight is 356 g/mol. The molecule has 1 unspecified atom stereocenters. The number of halogens is 1. The van der Waals surface area contributed by atoms with Crippen molar-refractivity contribution in [1.29, 1.82) is 0 Å². The van der Waals surface area contributed by atoms with Crippen LogP contribution in [0.1, 0.15) is 34.5 Å². The largest absolute Gasteiger partial charge is 0.388 e. The zero-order valence-corrected chi connectivity index (χ0v) is 13.5. The summed E-state index contributed by atoms with van der Waals surface area (Å²) < 4.78 is 1.10. The normalized spacial score (nSPS) is 18.3. The van der Waals surface area contributed by atoms with Crippen molar-refractivity contribution in [3.63, 3.8) is 0 Å². The Hall–Kier alpha value is -0.360. The Bertz CT molecular complexity index is 567. The maximum Gasteiger partial charge on any atom is 0.103 e. The van der Waals surface area contributed by atoms with Gasteiger partial charge in [0.05, 0.1) is 22.4 Å². The van der Waals surface area contributed by atoms with E-state index in [0.29, 0.717) is 0 Å². The Morgan fingerprint density at radius 3 is 2.89 bits per heavy atom. The molecule has 0 amide bonds. The highest BCUT2D eigenvalue weighted by Crippen LogP contribution is 2.36. The van der Waals surface area contributed by atoms with Crippen molar-refractivity contribution in [2.24, 2.45) is 0 Å². The first-order valence-electron chi connectivity index (χ1n) is 6.27. The summed E-state index contributed by atoms with van der Waals surface area (Å²) in [5, 5.41) is 11.1. The number of aliphatic hydroxyl groups is 1. The molecule has 0 saturated heterocycles. The van der Waals surface area contributed by atoms with Gasteiger partial charge in [0.25, 0.3) is 0 Å². The molecule has 100 valence electrons. The summed E-state index contributed by atoms with van der Waals surface area (Å²) >= 11 is 6.91. The van der Waals surface area contributed by atoms with Crippen LogP contribution in [0.15, 0.2) is 33.6 Å². The van der Waals surface area contributed by atoms with E-state index in [1.165, 1.54) is 4.90 Å². The van der Waals surface area contributed by atoms with Crippen molar-refractivity contribution in [3.8, 4) is 0 Å². The van der Waals surface area contributed by atoms with E-state index in [1.807, 2.05) is 0 Å². The summed E-state index contributed by atoms with van der Waals surface area (Å²) in [6, 6.07) is 8.33. The monoisotopic (exact) mass is 355 g/mol. The first kappa shape index (κ1) is 13.6. The number of rotatable bonds is 3. The van der Waals surface area contributed by atoms with Crippen LogP contribution >= 0.6 is 39.0 Å². The molecule has 5 heteroatoms. The highest BCUT2D eigenvalue weighted by molar-refractivity contribution is 9.10. The summed E-state index contributed by atoms with van der Waals surface area (Å²) in [6.45, 7) is 0. The van der Waals surface area contributed by atoms with E-state index < -0.39 is 0 Å². The van der Waals surface area contributed by atoms with Gasteiger partial charge in [-0.05, 0) is 43.5 Å². The van der Waals surface area contributed by atoms with E-state index in [9.17, 15) is 5.11 Å². The zero-order chi connectivity index (χ0) is 13.2. The van der Waals surface area contributed by atoms with E-state index >= 15 is 0 Å². The number of hydrogen-bond acceptors (Lipinski definition) is 4. The molecular formula is C14H14BrNOS2. The molecule has 3 rings (SSSR count). The number of thioether (sulfide) groups is 1. The maximum absolute atomic E-state index is 9.95. The summed E-state index contributed by atoms with van der Waals surface area (Å²) in [7, 11) is 0. The second-order valence-corrected chi connectivity index (χ2v) is 7.65. The van der Waals surface area contributed by atoms with E-state index in [1.54, 1.807) is 23.1 Å². The van der Waals surface area contributed by atoms with Crippen LogP contribution in [-0.4, -0.2) is 10.1 Å². The van der Waals surface area contributed by atoms with Crippen molar-refractivity contribution in [2.45, 2.75) is 36.0 Å². The van der Waals surface area contributed by atoms with Crippen LogP contribution < -0.4 is 0 Å². The van der Waals surface area contributed by atoms with Gasteiger partial charge in [-0.25, -0.2) is 4.98 Å². The van der Waals surface area contributed by atoms with E-state index in [0.717, 1.165) is 45.1 Å². The fourth-order valence-electron chi connectivity index (χ4n) is 2.19. The Morgan fingerprint density at radius 2 is 2.16 bits per heavy atom. The van der Waals surface area contributed by atoms with E-state index in [4.69, 9.17) is 0 Å². The molecule has 1 aromatic carbocycles. The minimum atomic E-state index is -0.285. The standard InChI is InChI=1S/C14H14BrNOS2/c15-9-4-6-10(7-5-9)18-8-13-16-11-2-1-3-12(17)14(11)19-13/h4-7,12,17H,1-3,8H2. The number of nitrogens with zero attached hydrogens (tertiary/aromatic N) is 1. The number of thiazole rings is 1. The van der Waals surface area contributed by atoms with Crippen LogP contribution in [0.3, 0.4) is 0 Å². The molecule has 1 aromatic heterocycles. The Labute approximate surface area is 129 Å². The molecule has 0 saturated carbocycles. The first-order valence-corrected chi connectivity index (χ1v) is 8.87. The van der Waals surface area contributed by atoms with Crippen molar-refractivity contribution >= 4 is 39.0 Å². The van der Waals surface area contributed by atoms with Crippen LogP contribution in [0.5, 0.6) is 0 Å². The first-order chi connectivity index (χ1) is 9.22. The quantitative estimate of drug-likeness (QED) is 0.818. The lowest BCUT2D eigenvalue weighted by Gasteiger charge is -2.14. The number of benzene rings is 1. The molecule has 1 aliphatic rings. The average Bonchev–Trinajstić information content (AvgIpc) is 2.83. The van der Waals surface area contributed by atoms with Crippen LogP contribution in [0.25, 0.3) is 0 Å². The Kier molecular flexibility index (Phi) is 4.27. The van der Waals surface area contributed by atoms with Gasteiger partial charge in [-0.1, -0.05) is 15.9 Å². The van der Waals surface area contributed by atoms with Gasteiger partial charge in [-0.2, -0.15) is 0 Å². The molecule has 0 spiro atoms. The van der Waals surface area contributed by atoms with E-state index in [-0.39, 0.29) is 6.10 Å². The highest BCUT2D eigenvalue weighted by Gasteiger charge is 2.22. The molecular weight excluding hydrogens is 342 g/mol. The molecule has 2 aromatic rings. The van der Waals surface area contributed by atoms with Gasteiger partial charge in [-0.15, -0.1) is 23.1 Å². The third-order valence-electron chi connectivity index (χ3n) is 3.14. The molecule has 2 nitrogen and oxygen atoms in total. The van der Waals surface area contributed by atoms with Gasteiger partial charge in [0.15, 0.2) is 0 Å². The zero-order valence-electron chi connectivity index (χ0n) is 10.3. The number of aryl methyl sites for hydroxylation is 1. The summed E-state index contributed by atoms with van der Waals surface area (Å²) in [4.78, 5) is 7.00. The second kappa shape index (κ2) is 5.95. The van der Waals surface area contributed by atoms with Crippen molar-refractivity contribution in [3.05, 3.63) is 44.3 Å². The van der Waals surface area contributed by atoms with Crippen LogP contribution in [0.4, 0.5) is 0 Å². The third-order valence-corrected chi connectivity index (χ3v) is 6.08.